The Morgan fingerprint density at radius 2 is 2.10 bits per heavy atom. The van der Waals surface area contributed by atoms with Crippen molar-refractivity contribution in [3.8, 4) is 0 Å². The third-order valence-corrected chi connectivity index (χ3v) is 3.73. The summed E-state index contributed by atoms with van der Waals surface area (Å²) < 4.78 is 0. The number of rotatable bonds is 6. The van der Waals surface area contributed by atoms with Crippen molar-refractivity contribution >= 4 is 23.6 Å². The topological polar surface area (TPSA) is 107 Å². The van der Waals surface area contributed by atoms with Gasteiger partial charge >= 0.3 is 0 Å². The molecule has 21 heavy (non-hydrogen) atoms. The van der Waals surface area contributed by atoms with E-state index in [2.05, 4.69) is 0 Å². The Morgan fingerprint density at radius 1 is 1.43 bits per heavy atom. The van der Waals surface area contributed by atoms with Gasteiger partial charge in [-0.2, -0.15) is 0 Å². The molecule has 0 aliphatic heterocycles. The summed E-state index contributed by atoms with van der Waals surface area (Å²) in [5, 5.41) is 11.2. The van der Waals surface area contributed by atoms with E-state index in [0.717, 1.165) is 25.7 Å². The Kier molecular flexibility index (Phi) is 4.52. The third-order valence-electron chi connectivity index (χ3n) is 3.73. The number of primary amides is 1. The van der Waals surface area contributed by atoms with Gasteiger partial charge in [-0.05, 0) is 25.0 Å². The van der Waals surface area contributed by atoms with E-state index in [9.17, 15) is 19.7 Å². The maximum Gasteiger partial charge on any atom is 0.293 e. The molecule has 1 aliphatic rings. The second kappa shape index (κ2) is 6.34. The largest absolute Gasteiger partial charge is 0.368 e. The molecule has 1 aliphatic carbocycles. The first-order valence-corrected chi connectivity index (χ1v) is 6.81. The van der Waals surface area contributed by atoms with Crippen molar-refractivity contribution in [2.75, 3.05) is 11.4 Å². The minimum Gasteiger partial charge on any atom is -0.368 e. The summed E-state index contributed by atoms with van der Waals surface area (Å²) in [6.07, 6.45) is 4.37. The van der Waals surface area contributed by atoms with Gasteiger partial charge < -0.3 is 10.6 Å². The van der Waals surface area contributed by atoms with Crippen molar-refractivity contribution < 1.29 is 14.5 Å². The second-order valence-corrected chi connectivity index (χ2v) is 5.16. The molecular formula is C14H17N3O4. The molecule has 0 heterocycles. The molecule has 2 rings (SSSR count). The number of amides is 1. The predicted molar refractivity (Wildman–Crippen MR) is 77.3 cm³/mol. The Labute approximate surface area is 121 Å². The lowest BCUT2D eigenvalue weighted by Crippen LogP contribution is -2.40. The third kappa shape index (κ3) is 3.36. The normalized spacial score (nSPS) is 14.9. The summed E-state index contributed by atoms with van der Waals surface area (Å²) in [5.41, 5.74) is 5.68. The van der Waals surface area contributed by atoms with Crippen molar-refractivity contribution in [2.45, 2.75) is 31.7 Å². The quantitative estimate of drug-likeness (QED) is 0.487. The maximum atomic E-state index is 11.3. The molecule has 1 aromatic carbocycles. The Morgan fingerprint density at radius 3 is 2.62 bits per heavy atom. The fourth-order valence-corrected chi connectivity index (χ4v) is 2.80. The van der Waals surface area contributed by atoms with Gasteiger partial charge in [0, 0.05) is 17.7 Å². The Balaban J connectivity index is 2.44. The Bertz CT molecular complexity index is 567. The summed E-state index contributed by atoms with van der Waals surface area (Å²) >= 11 is 0. The van der Waals surface area contributed by atoms with Crippen LogP contribution in [0, 0.1) is 10.1 Å². The van der Waals surface area contributed by atoms with E-state index >= 15 is 0 Å². The van der Waals surface area contributed by atoms with E-state index in [1.807, 2.05) is 0 Å². The number of nitro groups is 1. The zero-order chi connectivity index (χ0) is 15.4. The number of nitrogens with two attached hydrogens (primary N) is 1. The maximum absolute atomic E-state index is 11.3. The highest BCUT2D eigenvalue weighted by Gasteiger charge is 2.29. The monoisotopic (exact) mass is 291 g/mol. The van der Waals surface area contributed by atoms with E-state index in [4.69, 9.17) is 5.73 Å². The van der Waals surface area contributed by atoms with E-state index in [1.165, 1.54) is 18.2 Å². The van der Waals surface area contributed by atoms with Gasteiger partial charge in [0.15, 0.2) is 0 Å². The number of carbonyl (C=O) groups excluding carboxylic acids is 2. The van der Waals surface area contributed by atoms with E-state index in [0.29, 0.717) is 12.0 Å². The van der Waals surface area contributed by atoms with Gasteiger partial charge in [-0.25, -0.2) is 0 Å². The number of carbonyl (C=O) groups is 2. The van der Waals surface area contributed by atoms with Crippen molar-refractivity contribution in [1.29, 1.82) is 0 Å². The lowest BCUT2D eigenvalue weighted by molar-refractivity contribution is -0.384. The molecule has 0 radical (unpaired) electrons. The first-order valence-electron chi connectivity index (χ1n) is 6.81. The number of nitrogens with zero attached hydrogens (tertiary/aromatic N) is 2. The highest BCUT2D eigenvalue weighted by atomic mass is 16.6. The second-order valence-electron chi connectivity index (χ2n) is 5.16. The fourth-order valence-electron chi connectivity index (χ4n) is 2.80. The number of benzene rings is 1. The number of hydrogen-bond donors (Lipinski definition) is 1. The van der Waals surface area contributed by atoms with Crippen LogP contribution in [-0.2, 0) is 4.79 Å². The van der Waals surface area contributed by atoms with Crippen LogP contribution in [0.5, 0.6) is 0 Å². The summed E-state index contributed by atoms with van der Waals surface area (Å²) in [7, 11) is 0. The molecule has 0 spiro atoms. The van der Waals surface area contributed by atoms with Gasteiger partial charge in [0.2, 0.25) is 5.91 Å². The zero-order valence-electron chi connectivity index (χ0n) is 11.5. The molecule has 1 aromatic rings. The summed E-state index contributed by atoms with van der Waals surface area (Å²) in [5.74, 6) is -0.532. The van der Waals surface area contributed by atoms with E-state index in [-0.39, 0.29) is 23.8 Å². The molecule has 1 fully saturated rings. The summed E-state index contributed by atoms with van der Waals surface area (Å²) in [4.78, 5) is 34.5. The molecule has 2 N–H and O–H groups in total. The van der Waals surface area contributed by atoms with Crippen LogP contribution in [0.4, 0.5) is 11.4 Å². The molecule has 1 amide bonds. The van der Waals surface area contributed by atoms with Crippen LogP contribution in [-0.4, -0.2) is 29.7 Å². The Hall–Kier alpha value is -2.44. The molecular weight excluding hydrogens is 274 g/mol. The number of nitro benzene ring substituents is 1. The highest BCUT2D eigenvalue weighted by molar-refractivity contribution is 5.83. The van der Waals surface area contributed by atoms with Crippen molar-refractivity contribution in [3.63, 3.8) is 0 Å². The summed E-state index contributed by atoms with van der Waals surface area (Å²) in [6, 6.07) is 4.32. The standard InChI is InChI=1S/C14H17N3O4/c15-14(19)8-16(11-3-1-2-4-11)12-6-5-10(9-18)7-13(12)17(20)21/h5-7,9,11H,1-4,8H2,(H2,15,19). The van der Waals surface area contributed by atoms with Crippen LogP contribution in [0.2, 0.25) is 0 Å². The minimum absolute atomic E-state index is 0.0635. The molecule has 7 nitrogen and oxygen atoms in total. The molecule has 1 saturated carbocycles. The van der Waals surface area contributed by atoms with Crippen LogP contribution in [0.3, 0.4) is 0 Å². The van der Waals surface area contributed by atoms with Crippen LogP contribution in [0.1, 0.15) is 36.0 Å². The van der Waals surface area contributed by atoms with Crippen molar-refractivity contribution in [2.24, 2.45) is 5.73 Å². The van der Waals surface area contributed by atoms with Crippen molar-refractivity contribution in [1.82, 2.24) is 0 Å². The first-order chi connectivity index (χ1) is 10.0. The fraction of sp³-hybridized carbons (Fsp3) is 0.429. The summed E-state index contributed by atoms with van der Waals surface area (Å²) in [6.45, 7) is -0.0635. The lowest BCUT2D eigenvalue weighted by Gasteiger charge is -2.29. The molecule has 0 saturated heterocycles. The van der Waals surface area contributed by atoms with E-state index < -0.39 is 10.8 Å². The predicted octanol–water partition coefficient (Wildman–Crippen LogP) is 1.64. The van der Waals surface area contributed by atoms with Gasteiger partial charge in [-0.15, -0.1) is 0 Å². The molecule has 7 heteroatoms. The van der Waals surface area contributed by atoms with Crippen LogP contribution >= 0.6 is 0 Å². The first kappa shape index (κ1) is 15.0. The average Bonchev–Trinajstić information content (AvgIpc) is 2.98. The van der Waals surface area contributed by atoms with Crippen LogP contribution in [0.25, 0.3) is 0 Å². The highest BCUT2D eigenvalue weighted by Crippen LogP contribution is 2.34. The lowest BCUT2D eigenvalue weighted by atomic mass is 10.1. The van der Waals surface area contributed by atoms with Gasteiger partial charge in [0.25, 0.3) is 5.69 Å². The minimum atomic E-state index is -0.536. The number of hydrogen-bond acceptors (Lipinski definition) is 5. The van der Waals surface area contributed by atoms with Crippen LogP contribution < -0.4 is 10.6 Å². The number of anilines is 1. The van der Waals surface area contributed by atoms with E-state index in [1.54, 1.807) is 4.90 Å². The SMILES string of the molecule is NC(=O)CN(c1ccc(C=O)cc1[N+](=O)[O-])C1CCCC1. The van der Waals surface area contributed by atoms with Crippen molar-refractivity contribution in [3.05, 3.63) is 33.9 Å². The molecule has 0 aromatic heterocycles. The van der Waals surface area contributed by atoms with Gasteiger partial charge in [-0.1, -0.05) is 12.8 Å². The van der Waals surface area contributed by atoms with Gasteiger partial charge in [0.05, 0.1) is 11.5 Å². The van der Waals surface area contributed by atoms with Gasteiger partial charge in [0.1, 0.15) is 12.0 Å². The number of aldehydes is 1. The molecule has 0 bridgehead atoms. The molecule has 112 valence electrons. The zero-order valence-corrected chi connectivity index (χ0v) is 11.5. The van der Waals surface area contributed by atoms with Gasteiger partial charge in [-0.3, -0.25) is 19.7 Å². The smallest absolute Gasteiger partial charge is 0.293 e. The van der Waals surface area contributed by atoms with Crippen LogP contribution in [0.15, 0.2) is 18.2 Å². The molecule has 0 atom stereocenters. The average molecular weight is 291 g/mol. The molecule has 0 unspecified atom stereocenters.